The molecule has 0 fully saturated rings. The molecular weight excluding hydrogens is 362 g/mol. The van der Waals surface area contributed by atoms with Gasteiger partial charge in [-0.3, -0.25) is 0 Å². The molecule has 0 bridgehead atoms. The smallest absolute Gasteiger partial charge is 0.407 e. The molecule has 29 heavy (non-hydrogen) atoms. The molecule has 1 amide bonds. The Balaban J connectivity index is 1.35. The zero-order chi connectivity index (χ0) is 20.1. The van der Waals surface area contributed by atoms with Gasteiger partial charge in [-0.2, -0.15) is 5.26 Å². The van der Waals surface area contributed by atoms with E-state index in [9.17, 15) is 4.79 Å². The average Bonchev–Trinajstić information content (AvgIpc) is 3.09. The van der Waals surface area contributed by atoms with Crippen molar-refractivity contribution in [2.45, 2.75) is 5.92 Å². The third-order valence-corrected chi connectivity index (χ3v) is 4.77. The van der Waals surface area contributed by atoms with Crippen molar-refractivity contribution in [3.05, 3.63) is 89.2 Å². The predicted octanol–water partition coefficient (Wildman–Crippen LogP) is 3.84. The number of carbonyl (C=O) groups excluding carboxylic acids is 1. The second-order valence-corrected chi connectivity index (χ2v) is 6.52. The summed E-state index contributed by atoms with van der Waals surface area (Å²) in [6, 6.07) is 21.6. The van der Waals surface area contributed by atoms with Gasteiger partial charge in [-0.05, 0) is 40.3 Å². The molecule has 0 unspecified atom stereocenters. The summed E-state index contributed by atoms with van der Waals surface area (Å²) in [5, 5.41) is 11.5. The van der Waals surface area contributed by atoms with E-state index in [1.165, 1.54) is 28.5 Å². The maximum absolute atomic E-state index is 12.1. The molecule has 1 aromatic heterocycles. The van der Waals surface area contributed by atoms with Crippen molar-refractivity contribution in [2.24, 2.45) is 0 Å². The first kappa shape index (κ1) is 18.3. The molecule has 0 saturated carbocycles. The first-order valence-corrected chi connectivity index (χ1v) is 9.20. The number of hydrogen-bond acceptors (Lipinski definition) is 4. The Hall–Kier alpha value is -4.09. The average molecular weight is 379 g/mol. The topological polar surface area (TPSA) is 75.0 Å². The van der Waals surface area contributed by atoms with E-state index in [4.69, 9.17) is 10.00 Å². The van der Waals surface area contributed by atoms with E-state index in [0.717, 1.165) is 0 Å². The summed E-state index contributed by atoms with van der Waals surface area (Å²) in [6.07, 6.45) is 1.02. The van der Waals surface area contributed by atoms with E-state index in [1.54, 1.807) is 12.1 Å². The van der Waals surface area contributed by atoms with E-state index in [-0.39, 0.29) is 19.1 Å². The molecule has 0 aliphatic heterocycles. The summed E-state index contributed by atoms with van der Waals surface area (Å²) in [6.45, 7) is 0.397. The van der Waals surface area contributed by atoms with Crippen LogP contribution in [0.3, 0.4) is 0 Å². The van der Waals surface area contributed by atoms with Crippen LogP contribution in [0.2, 0.25) is 0 Å². The van der Waals surface area contributed by atoms with Crippen LogP contribution in [-0.2, 0) is 4.74 Å². The Bertz CT molecular complexity index is 1120. The van der Waals surface area contributed by atoms with E-state index >= 15 is 0 Å². The van der Waals surface area contributed by atoms with Crippen molar-refractivity contribution in [1.29, 1.82) is 5.26 Å². The fourth-order valence-corrected chi connectivity index (χ4v) is 3.47. The number of fused-ring (bicyclic) bond motifs is 3. The summed E-state index contributed by atoms with van der Waals surface area (Å²) in [4.78, 5) is 16.1. The molecule has 5 nitrogen and oxygen atoms in total. The number of nitrogens with zero attached hydrogens (tertiary/aromatic N) is 2. The molecule has 1 N–H and O–H groups in total. The fourth-order valence-electron chi connectivity index (χ4n) is 3.47. The molecule has 2 aromatic carbocycles. The highest BCUT2D eigenvalue weighted by molar-refractivity contribution is 5.79. The standard InChI is InChI=1S/C24H17N3O2/c25-15-17-11-13-26-18(14-17)6-5-12-27-24(28)29-16-23-21-9-3-1-7-19(21)20-8-2-4-10-22(20)23/h1-4,7-11,13-14,23H,12,16H2,(H,27,28). The van der Waals surface area contributed by atoms with Crippen LogP contribution >= 0.6 is 0 Å². The molecule has 0 atom stereocenters. The van der Waals surface area contributed by atoms with Gasteiger partial charge >= 0.3 is 6.09 Å². The van der Waals surface area contributed by atoms with Gasteiger partial charge in [0, 0.05) is 12.1 Å². The molecule has 140 valence electrons. The Morgan fingerprint density at radius 3 is 2.45 bits per heavy atom. The number of ether oxygens (including phenoxy) is 1. The van der Waals surface area contributed by atoms with Gasteiger partial charge in [-0.1, -0.05) is 54.5 Å². The van der Waals surface area contributed by atoms with Gasteiger partial charge in [0.15, 0.2) is 0 Å². The molecule has 4 rings (SSSR count). The van der Waals surface area contributed by atoms with Gasteiger partial charge in [0.2, 0.25) is 0 Å². The number of nitriles is 1. The van der Waals surface area contributed by atoms with E-state index in [1.807, 2.05) is 30.3 Å². The van der Waals surface area contributed by atoms with Gasteiger partial charge < -0.3 is 10.1 Å². The highest BCUT2D eigenvalue weighted by Crippen LogP contribution is 2.44. The van der Waals surface area contributed by atoms with Crippen molar-refractivity contribution in [2.75, 3.05) is 13.2 Å². The monoisotopic (exact) mass is 379 g/mol. The molecular formula is C24H17N3O2. The Kier molecular flexibility index (Phi) is 5.23. The second kappa shape index (κ2) is 8.29. The highest BCUT2D eigenvalue weighted by Gasteiger charge is 2.28. The van der Waals surface area contributed by atoms with Crippen LogP contribution in [0.4, 0.5) is 4.79 Å². The van der Waals surface area contributed by atoms with Crippen LogP contribution in [0.1, 0.15) is 28.3 Å². The van der Waals surface area contributed by atoms with Crippen LogP contribution < -0.4 is 5.32 Å². The highest BCUT2D eigenvalue weighted by atomic mass is 16.5. The molecule has 0 spiro atoms. The molecule has 0 saturated heterocycles. The lowest BCUT2D eigenvalue weighted by molar-refractivity contribution is 0.144. The SMILES string of the molecule is N#Cc1ccnc(C#CCNC(=O)OCC2c3ccccc3-c3ccccc32)c1. The molecule has 5 heteroatoms. The summed E-state index contributed by atoms with van der Waals surface area (Å²) in [7, 11) is 0. The zero-order valence-electron chi connectivity index (χ0n) is 15.6. The molecule has 0 radical (unpaired) electrons. The number of carbonyl (C=O) groups is 1. The Morgan fingerprint density at radius 2 is 1.76 bits per heavy atom. The number of rotatable bonds is 3. The van der Waals surface area contributed by atoms with Crippen molar-refractivity contribution in [3.8, 4) is 29.0 Å². The van der Waals surface area contributed by atoms with Gasteiger partial charge in [0.1, 0.15) is 12.3 Å². The van der Waals surface area contributed by atoms with E-state index in [0.29, 0.717) is 11.3 Å². The number of benzene rings is 2. The summed E-state index contributed by atoms with van der Waals surface area (Å²) in [5.41, 5.74) is 5.70. The molecule has 1 aliphatic carbocycles. The number of amides is 1. The van der Waals surface area contributed by atoms with Crippen LogP contribution in [0.5, 0.6) is 0 Å². The number of aromatic nitrogens is 1. The van der Waals surface area contributed by atoms with Gasteiger partial charge in [0.05, 0.1) is 18.2 Å². The largest absolute Gasteiger partial charge is 0.449 e. The molecule has 3 aromatic rings. The fraction of sp³-hybridized carbons (Fsp3) is 0.125. The lowest BCUT2D eigenvalue weighted by atomic mass is 9.98. The van der Waals surface area contributed by atoms with Crippen molar-refractivity contribution >= 4 is 6.09 Å². The first-order valence-electron chi connectivity index (χ1n) is 9.20. The Morgan fingerprint density at radius 1 is 1.07 bits per heavy atom. The normalized spacial score (nSPS) is 11.4. The number of pyridine rings is 1. The zero-order valence-corrected chi connectivity index (χ0v) is 15.6. The third-order valence-electron chi connectivity index (χ3n) is 4.77. The summed E-state index contributed by atoms with van der Waals surface area (Å²) in [5.74, 6) is 5.65. The number of nitrogens with one attached hydrogen (secondary N) is 1. The lowest BCUT2D eigenvalue weighted by Crippen LogP contribution is -2.26. The minimum atomic E-state index is -0.514. The number of hydrogen-bond donors (Lipinski definition) is 1. The number of alkyl carbamates (subject to hydrolysis) is 1. The Labute approximate surface area is 169 Å². The lowest BCUT2D eigenvalue weighted by Gasteiger charge is -2.14. The van der Waals surface area contributed by atoms with Crippen LogP contribution in [-0.4, -0.2) is 24.2 Å². The maximum Gasteiger partial charge on any atom is 0.407 e. The van der Waals surface area contributed by atoms with E-state index < -0.39 is 6.09 Å². The second-order valence-electron chi connectivity index (χ2n) is 6.52. The van der Waals surface area contributed by atoms with E-state index in [2.05, 4.69) is 46.4 Å². The summed E-state index contributed by atoms with van der Waals surface area (Å²) >= 11 is 0. The van der Waals surface area contributed by atoms with Gasteiger partial charge in [0.25, 0.3) is 0 Å². The van der Waals surface area contributed by atoms with Crippen molar-refractivity contribution < 1.29 is 9.53 Å². The summed E-state index contributed by atoms with van der Waals surface area (Å²) < 4.78 is 5.45. The predicted molar refractivity (Wildman–Crippen MR) is 109 cm³/mol. The van der Waals surface area contributed by atoms with Crippen LogP contribution in [0.15, 0.2) is 66.9 Å². The molecule has 1 aliphatic rings. The van der Waals surface area contributed by atoms with Gasteiger partial charge in [-0.25, -0.2) is 9.78 Å². The third kappa shape index (κ3) is 3.95. The quantitative estimate of drug-likeness (QED) is 0.702. The maximum atomic E-state index is 12.1. The van der Waals surface area contributed by atoms with Crippen LogP contribution in [0.25, 0.3) is 11.1 Å². The van der Waals surface area contributed by atoms with Crippen molar-refractivity contribution in [3.63, 3.8) is 0 Å². The molecule has 1 heterocycles. The van der Waals surface area contributed by atoms with Crippen molar-refractivity contribution in [1.82, 2.24) is 10.3 Å². The minimum absolute atomic E-state index is 0.0251. The van der Waals surface area contributed by atoms with Gasteiger partial charge in [-0.15, -0.1) is 0 Å². The van der Waals surface area contributed by atoms with Crippen LogP contribution in [0, 0.1) is 23.2 Å². The minimum Gasteiger partial charge on any atom is -0.449 e. The first-order chi connectivity index (χ1) is 14.3.